The molecule has 2 aromatic rings. The van der Waals surface area contributed by atoms with Gasteiger partial charge in [-0.15, -0.1) is 0 Å². The minimum absolute atomic E-state index is 0.535. The number of hydrogen-bond acceptors (Lipinski definition) is 5. The summed E-state index contributed by atoms with van der Waals surface area (Å²) < 4.78 is 11.3. The largest absolute Gasteiger partial charge is 0.497 e. The highest BCUT2D eigenvalue weighted by Gasteiger charge is 2.28. The monoisotopic (exact) mass is 442 g/mol. The fourth-order valence-corrected chi connectivity index (χ4v) is 5.00. The molecule has 0 radical (unpaired) electrons. The second-order valence-electron chi connectivity index (χ2n) is 9.25. The maximum Gasteiger partial charge on any atom is 0.214 e. The predicted molar refractivity (Wildman–Crippen MR) is 132 cm³/mol. The van der Waals surface area contributed by atoms with Crippen LogP contribution in [0.3, 0.4) is 0 Å². The van der Waals surface area contributed by atoms with Crippen LogP contribution in [0.1, 0.15) is 77.4 Å². The topological polar surface area (TPSA) is 54.8 Å². The molecular formula is C27H42N2O3. The highest BCUT2D eigenvalue weighted by Crippen LogP contribution is 2.36. The first-order valence-electron chi connectivity index (χ1n) is 12.6. The lowest BCUT2D eigenvalue weighted by molar-refractivity contribution is 0.0906. The van der Waals surface area contributed by atoms with Crippen LogP contribution >= 0.6 is 0 Å². The molecule has 1 N–H and O–H groups in total. The quantitative estimate of drug-likeness (QED) is 0.437. The van der Waals surface area contributed by atoms with Crippen LogP contribution in [-0.2, 0) is 0 Å². The van der Waals surface area contributed by atoms with E-state index in [1.807, 2.05) is 24.3 Å². The first kappa shape index (κ1) is 24.8. The third-order valence-corrected chi connectivity index (χ3v) is 6.98. The molecular weight excluding hydrogens is 400 g/mol. The summed E-state index contributed by atoms with van der Waals surface area (Å²) in [4.78, 5) is 7.29. The predicted octanol–water partition coefficient (Wildman–Crippen LogP) is 5.99. The standard InChI is InChI=1S/C27H42N2O3/c1-5-8-14-29-15-13-21(20(7-3)19-29)9-12-26(30)24-18-27(32-16-6-2)28-25-11-10-22(31-4)17-23(24)25/h10-11,17-18,20-21,26,30H,5-9,12-16,19H2,1-4H3/t20-,21+,26?/m0/s1. The number of benzene rings is 1. The van der Waals surface area contributed by atoms with Gasteiger partial charge in [-0.25, -0.2) is 4.98 Å². The van der Waals surface area contributed by atoms with Gasteiger partial charge in [-0.05, 0) is 80.8 Å². The Morgan fingerprint density at radius 1 is 1.16 bits per heavy atom. The van der Waals surface area contributed by atoms with Crippen LogP contribution in [-0.4, -0.2) is 48.3 Å². The van der Waals surface area contributed by atoms with Gasteiger partial charge in [0, 0.05) is 18.0 Å². The molecule has 1 aliphatic rings. The molecule has 0 spiro atoms. The van der Waals surface area contributed by atoms with Gasteiger partial charge in [-0.2, -0.15) is 0 Å². The molecule has 32 heavy (non-hydrogen) atoms. The second kappa shape index (κ2) is 12.4. The van der Waals surface area contributed by atoms with Crippen molar-refractivity contribution >= 4 is 10.9 Å². The summed E-state index contributed by atoms with van der Waals surface area (Å²) >= 11 is 0. The summed E-state index contributed by atoms with van der Waals surface area (Å²) in [6.45, 7) is 10.9. The molecule has 1 fully saturated rings. The van der Waals surface area contributed by atoms with E-state index < -0.39 is 6.10 Å². The number of fused-ring (bicyclic) bond motifs is 1. The lowest BCUT2D eigenvalue weighted by Crippen LogP contribution is -2.40. The van der Waals surface area contributed by atoms with Gasteiger partial charge in [0.1, 0.15) is 5.75 Å². The van der Waals surface area contributed by atoms with Crippen molar-refractivity contribution in [3.05, 3.63) is 29.8 Å². The van der Waals surface area contributed by atoms with Gasteiger partial charge in [0.15, 0.2) is 0 Å². The molecule has 0 bridgehead atoms. The van der Waals surface area contributed by atoms with Gasteiger partial charge in [0.25, 0.3) is 0 Å². The molecule has 5 nitrogen and oxygen atoms in total. The van der Waals surface area contributed by atoms with E-state index >= 15 is 0 Å². The number of rotatable bonds is 12. The van der Waals surface area contributed by atoms with Crippen LogP contribution in [0.25, 0.3) is 10.9 Å². The first-order chi connectivity index (χ1) is 15.6. The van der Waals surface area contributed by atoms with Crippen molar-refractivity contribution in [2.24, 2.45) is 11.8 Å². The molecule has 3 atom stereocenters. The van der Waals surface area contributed by atoms with Crippen molar-refractivity contribution in [1.29, 1.82) is 0 Å². The Morgan fingerprint density at radius 2 is 2.00 bits per heavy atom. The average Bonchev–Trinajstić information content (AvgIpc) is 2.83. The average molecular weight is 443 g/mol. The van der Waals surface area contributed by atoms with Crippen LogP contribution < -0.4 is 9.47 Å². The number of pyridine rings is 1. The third-order valence-electron chi connectivity index (χ3n) is 6.98. The highest BCUT2D eigenvalue weighted by molar-refractivity contribution is 5.84. The van der Waals surface area contributed by atoms with Gasteiger partial charge in [0.2, 0.25) is 5.88 Å². The van der Waals surface area contributed by atoms with Gasteiger partial charge in [0.05, 0.1) is 25.3 Å². The Labute approximate surface area is 194 Å². The molecule has 0 aliphatic carbocycles. The molecule has 1 aromatic carbocycles. The van der Waals surface area contributed by atoms with Crippen LogP contribution in [0, 0.1) is 11.8 Å². The van der Waals surface area contributed by atoms with Gasteiger partial charge in [-0.1, -0.05) is 33.6 Å². The number of aliphatic hydroxyl groups excluding tert-OH is 1. The zero-order valence-electron chi connectivity index (χ0n) is 20.5. The fourth-order valence-electron chi connectivity index (χ4n) is 5.00. The Morgan fingerprint density at radius 3 is 2.72 bits per heavy atom. The molecule has 0 amide bonds. The fraction of sp³-hybridized carbons (Fsp3) is 0.667. The number of methoxy groups -OCH3 is 1. The zero-order chi connectivity index (χ0) is 22.9. The number of aromatic nitrogens is 1. The van der Waals surface area contributed by atoms with Crippen LogP contribution in [0.4, 0.5) is 0 Å². The number of piperidine rings is 1. The lowest BCUT2D eigenvalue weighted by atomic mass is 9.80. The van der Waals surface area contributed by atoms with E-state index in [0.29, 0.717) is 18.4 Å². The molecule has 1 unspecified atom stereocenters. The van der Waals surface area contributed by atoms with E-state index in [0.717, 1.165) is 47.4 Å². The molecule has 2 heterocycles. The van der Waals surface area contributed by atoms with E-state index in [2.05, 4.69) is 30.7 Å². The van der Waals surface area contributed by atoms with Crippen LogP contribution in [0.5, 0.6) is 11.6 Å². The van der Waals surface area contributed by atoms with Crippen molar-refractivity contribution in [2.45, 2.75) is 71.8 Å². The van der Waals surface area contributed by atoms with Crippen molar-refractivity contribution in [3.8, 4) is 11.6 Å². The van der Waals surface area contributed by atoms with Crippen molar-refractivity contribution in [2.75, 3.05) is 33.4 Å². The van der Waals surface area contributed by atoms with E-state index in [9.17, 15) is 5.11 Å². The van der Waals surface area contributed by atoms with E-state index in [1.165, 1.54) is 45.3 Å². The number of hydrogen-bond donors (Lipinski definition) is 1. The number of unbranched alkanes of at least 4 members (excludes halogenated alkanes) is 1. The summed E-state index contributed by atoms with van der Waals surface area (Å²) in [5.41, 5.74) is 1.73. The number of likely N-dealkylation sites (tertiary alicyclic amines) is 1. The molecule has 1 aliphatic heterocycles. The summed E-state index contributed by atoms with van der Waals surface area (Å²) in [5, 5.41) is 12.2. The van der Waals surface area contributed by atoms with Gasteiger partial charge in [-0.3, -0.25) is 0 Å². The summed E-state index contributed by atoms with van der Waals surface area (Å²) in [7, 11) is 1.67. The van der Waals surface area contributed by atoms with E-state index in [-0.39, 0.29) is 0 Å². The minimum Gasteiger partial charge on any atom is -0.497 e. The number of nitrogens with zero attached hydrogens (tertiary/aromatic N) is 2. The SMILES string of the molecule is CCCCN1CC[C@@H](CCC(O)c2cc(OCCC)nc3ccc(OC)cc23)[C@@H](CC)C1. The number of aliphatic hydroxyl groups is 1. The smallest absolute Gasteiger partial charge is 0.214 e. The van der Waals surface area contributed by atoms with Crippen molar-refractivity contribution in [1.82, 2.24) is 9.88 Å². The molecule has 1 aromatic heterocycles. The molecule has 3 rings (SSSR count). The Hall–Kier alpha value is -1.85. The maximum atomic E-state index is 11.3. The number of ether oxygens (including phenoxy) is 2. The van der Waals surface area contributed by atoms with Crippen LogP contribution in [0.2, 0.25) is 0 Å². The normalized spacial score (nSPS) is 20.4. The highest BCUT2D eigenvalue weighted by atomic mass is 16.5. The van der Waals surface area contributed by atoms with Crippen molar-refractivity contribution in [3.63, 3.8) is 0 Å². The summed E-state index contributed by atoms with van der Waals surface area (Å²) in [6.07, 6.45) is 7.22. The maximum absolute atomic E-state index is 11.3. The zero-order valence-corrected chi connectivity index (χ0v) is 20.5. The molecule has 5 heteroatoms. The lowest BCUT2D eigenvalue weighted by Gasteiger charge is -2.38. The first-order valence-corrected chi connectivity index (χ1v) is 12.6. The Kier molecular flexibility index (Phi) is 9.61. The molecule has 1 saturated heterocycles. The molecule has 0 saturated carbocycles. The summed E-state index contributed by atoms with van der Waals surface area (Å²) in [6, 6.07) is 7.76. The molecule has 178 valence electrons. The van der Waals surface area contributed by atoms with E-state index in [1.54, 1.807) is 7.11 Å². The van der Waals surface area contributed by atoms with Gasteiger partial charge >= 0.3 is 0 Å². The Balaban J connectivity index is 1.73. The summed E-state index contributed by atoms with van der Waals surface area (Å²) in [5.74, 6) is 2.78. The van der Waals surface area contributed by atoms with E-state index in [4.69, 9.17) is 9.47 Å². The van der Waals surface area contributed by atoms with Crippen molar-refractivity contribution < 1.29 is 14.6 Å². The second-order valence-corrected chi connectivity index (χ2v) is 9.25. The van der Waals surface area contributed by atoms with Crippen LogP contribution in [0.15, 0.2) is 24.3 Å². The van der Waals surface area contributed by atoms with Gasteiger partial charge < -0.3 is 19.5 Å². The minimum atomic E-state index is -0.535. The third kappa shape index (κ3) is 6.35. The Bertz CT molecular complexity index is 841.